The second-order valence-electron chi connectivity index (χ2n) is 5.75. The summed E-state index contributed by atoms with van der Waals surface area (Å²) in [5, 5.41) is 4.24. The van der Waals surface area contributed by atoms with Gasteiger partial charge in [-0.15, -0.1) is 0 Å². The highest BCUT2D eigenvalue weighted by Gasteiger charge is 2.18. The lowest BCUT2D eigenvalue weighted by atomic mass is 10.1. The van der Waals surface area contributed by atoms with Crippen molar-refractivity contribution in [2.75, 3.05) is 18.6 Å². The Morgan fingerprint density at radius 3 is 2.92 bits per heavy atom. The third-order valence-electron chi connectivity index (χ3n) is 4.08. The van der Waals surface area contributed by atoms with Crippen molar-refractivity contribution in [3.63, 3.8) is 0 Å². The SMILES string of the molecule is O=C(ONc1ccnc(-c2cnn3ccncc23)n1)N1CCCCC1. The lowest BCUT2D eigenvalue weighted by Crippen LogP contribution is -2.37. The van der Waals surface area contributed by atoms with E-state index in [4.69, 9.17) is 4.84 Å². The van der Waals surface area contributed by atoms with E-state index in [1.54, 1.807) is 46.5 Å². The fourth-order valence-corrected chi connectivity index (χ4v) is 2.79. The molecule has 128 valence electrons. The quantitative estimate of drug-likeness (QED) is 0.730. The van der Waals surface area contributed by atoms with Gasteiger partial charge in [-0.1, -0.05) is 0 Å². The molecule has 0 bridgehead atoms. The molecule has 0 unspecified atom stereocenters. The zero-order valence-corrected chi connectivity index (χ0v) is 13.5. The van der Waals surface area contributed by atoms with Crippen molar-refractivity contribution >= 4 is 17.4 Å². The Bertz CT molecular complexity index is 889. The highest BCUT2D eigenvalue weighted by Crippen LogP contribution is 2.21. The molecule has 3 aromatic heterocycles. The molecule has 9 nitrogen and oxygen atoms in total. The van der Waals surface area contributed by atoms with Gasteiger partial charge in [-0.25, -0.2) is 19.3 Å². The molecule has 25 heavy (non-hydrogen) atoms. The van der Waals surface area contributed by atoms with E-state index in [9.17, 15) is 4.79 Å². The van der Waals surface area contributed by atoms with Crippen molar-refractivity contribution in [1.82, 2.24) is 29.5 Å². The first kappa shape index (κ1) is 15.3. The predicted octanol–water partition coefficient (Wildman–Crippen LogP) is 2.14. The number of nitrogens with one attached hydrogen (secondary N) is 1. The molecule has 0 radical (unpaired) electrons. The van der Waals surface area contributed by atoms with Gasteiger partial charge in [0.25, 0.3) is 0 Å². The van der Waals surface area contributed by atoms with Crippen molar-refractivity contribution in [2.45, 2.75) is 19.3 Å². The summed E-state index contributed by atoms with van der Waals surface area (Å²) in [6.07, 6.45) is 11.2. The van der Waals surface area contributed by atoms with E-state index in [0.29, 0.717) is 11.6 Å². The number of hydrogen-bond donors (Lipinski definition) is 1. The van der Waals surface area contributed by atoms with E-state index in [1.165, 1.54) is 0 Å². The van der Waals surface area contributed by atoms with Crippen molar-refractivity contribution in [2.24, 2.45) is 0 Å². The number of likely N-dealkylation sites (tertiary alicyclic amines) is 1. The number of carbonyl (C=O) groups is 1. The molecular formula is C16H17N7O2. The monoisotopic (exact) mass is 339 g/mol. The molecule has 1 fully saturated rings. The number of piperidine rings is 1. The number of amides is 1. The molecule has 1 aliphatic rings. The summed E-state index contributed by atoms with van der Waals surface area (Å²) < 4.78 is 1.70. The molecule has 9 heteroatoms. The average Bonchev–Trinajstić information content (AvgIpc) is 3.11. The Morgan fingerprint density at radius 1 is 1.16 bits per heavy atom. The Labute approximate surface area is 143 Å². The summed E-state index contributed by atoms with van der Waals surface area (Å²) in [5.74, 6) is 0.876. The summed E-state index contributed by atoms with van der Waals surface area (Å²) in [4.78, 5) is 31.6. The second-order valence-corrected chi connectivity index (χ2v) is 5.75. The maximum Gasteiger partial charge on any atom is 0.434 e. The van der Waals surface area contributed by atoms with Crippen LogP contribution in [0.2, 0.25) is 0 Å². The Morgan fingerprint density at radius 2 is 2.04 bits per heavy atom. The van der Waals surface area contributed by atoms with Crippen LogP contribution in [0, 0.1) is 0 Å². The van der Waals surface area contributed by atoms with Crippen LogP contribution < -0.4 is 5.48 Å². The molecule has 0 aromatic carbocycles. The fraction of sp³-hybridized carbons (Fsp3) is 0.312. The van der Waals surface area contributed by atoms with Crippen molar-refractivity contribution in [3.8, 4) is 11.4 Å². The Kier molecular flexibility index (Phi) is 4.11. The lowest BCUT2D eigenvalue weighted by molar-refractivity contribution is 0.114. The zero-order valence-electron chi connectivity index (χ0n) is 13.5. The molecule has 0 saturated carbocycles. The minimum Gasteiger partial charge on any atom is -0.323 e. The molecule has 1 N–H and O–H groups in total. The van der Waals surface area contributed by atoms with E-state index in [-0.39, 0.29) is 6.09 Å². The minimum absolute atomic E-state index is 0.389. The van der Waals surface area contributed by atoms with Gasteiger partial charge in [0.1, 0.15) is 0 Å². The largest absolute Gasteiger partial charge is 0.434 e. The number of anilines is 1. The molecule has 1 amide bonds. The molecule has 0 aliphatic carbocycles. The van der Waals surface area contributed by atoms with E-state index in [2.05, 4.69) is 25.5 Å². The van der Waals surface area contributed by atoms with E-state index in [1.807, 2.05) is 0 Å². The van der Waals surface area contributed by atoms with Crippen LogP contribution >= 0.6 is 0 Å². The molecule has 4 rings (SSSR count). The van der Waals surface area contributed by atoms with Crippen LogP contribution in [0.4, 0.5) is 10.6 Å². The number of aromatic nitrogens is 5. The highest BCUT2D eigenvalue weighted by atomic mass is 16.7. The van der Waals surface area contributed by atoms with Crippen LogP contribution in [0.1, 0.15) is 19.3 Å². The molecule has 3 aromatic rings. The van der Waals surface area contributed by atoms with Gasteiger partial charge in [0.05, 0.1) is 23.5 Å². The van der Waals surface area contributed by atoms with Crippen LogP contribution in [0.3, 0.4) is 0 Å². The highest BCUT2D eigenvalue weighted by molar-refractivity contribution is 5.75. The predicted molar refractivity (Wildman–Crippen MR) is 89.5 cm³/mol. The van der Waals surface area contributed by atoms with Gasteiger partial charge in [-0.2, -0.15) is 10.6 Å². The molecule has 4 heterocycles. The van der Waals surface area contributed by atoms with Crippen molar-refractivity contribution in [1.29, 1.82) is 0 Å². The van der Waals surface area contributed by atoms with Crippen LogP contribution in [0.5, 0.6) is 0 Å². The van der Waals surface area contributed by atoms with Gasteiger partial charge in [-0.05, 0) is 19.3 Å². The van der Waals surface area contributed by atoms with Gasteiger partial charge in [0, 0.05) is 37.7 Å². The third kappa shape index (κ3) is 3.21. The maximum absolute atomic E-state index is 12.0. The normalized spacial score (nSPS) is 14.5. The van der Waals surface area contributed by atoms with Gasteiger partial charge >= 0.3 is 6.09 Å². The Hall–Kier alpha value is -3.23. The molecule has 1 saturated heterocycles. The van der Waals surface area contributed by atoms with E-state index in [0.717, 1.165) is 43.4 Å². The minimum atomic E-state index is -0.389. The van der Waals surface area contributed by atoms with Crippen molar-refractivity contribution < 1.29 is 9.63 Å². The van der Waals surface area contributed by atoms with Gasteiger partial charge in [0.2, 0.25) is 0 Å². The average molecular weight is 339 g/mol. The zero-order chi connectivity index (χ0) is 17.1. The summed E-state index contributed by atoms with van der Waals surface area (Å²) >= 11 is 0. The van der Waals surface area contributed by atoms with Crippen LogP contribution in [0.15, 0.2) is 37.1 Å². The first-order chi connectivity index (χ1) is 12.3. The van der Waals surface area contributed by atoms with E-state index >= 15 is 0 Å². The van der Waals surface area contributed by atoms with E-state index < -0.39 is 0 Å². The van der Waals surface area contributed by atoms with Crippen LogP contribution in [0.25, 0.3) is 16.9 Å². The second kappa shape index (κ2) is 6.71. The number of carbonyl (C=O) groups excluding carboxylic acids is 1. The van der Waals surface area contributed by atoms with Crippen molar-refractivity contribution in [3.05, 3.63) is 37.1 Å². The number of nitrogens with zero attached hydrogens (tertiary/aromatic N) is 6. The number of hydrogen-bond acceptors (Lipinski definition) is 7. The molecule has 0 atom stereocenters. The fourth-order valence-electron chi connectivity index (χ4n) is 2.79. The first-order valence-electron chi connectivity index (χ1n) is 8.14. The standard InChI is InChI=1S/C16H17N7O2/c24-16(22-7-2-1-3-8-22)25-21-14-4-5-18-15(20-14)12-10-19-23-9-6-17-11-13(12)23/h4-6,9-11H,1-3,7-8H2,(H,18,20,21). The molecule has 1 aliphatic heterocycles. The van der Waals surface area contributed by atoms with Crippen LogP contribution in [-0.2, 0) is 4.84 Å². The summed E-state index contributed by atoms with van der Waals surface area (Å²) in [7, 11) is 0. The van der Waals surface area contributed by atoms with Gasteiger partial charge in [0.15, 0.2) is 11.6 Å². The number of fused-ring (bicyclic) bond motifs is 1. The van der Waals surface area contributed by atoms with Gasteiger partial charge in [-0.3, -0.25) is 4.98 Å². The van der Waals surface area contributed by atoms with Crippen LogP contribution in [-0.4, -0.2) is 48.6 Å². The number of rotatable bonds is 3. The maximum atomic E-state index is 12.0. The molecule has 0 spiro atoms. The third-order valence-corrected chi connectivity index (χ3v) is 4.08. The summed E-state index contributed by atoms with van der Waals surface area (Å²) in [6, 6.07) is 1.64. The summed E-state index contributed by atoms with van der Waals surface area (Å²) in [5.41, 5.74) is 4.15. The first-order valence-corrected chi connectivity index (χ1v) is 8.14. The summed E-state index contributed by atoms with van der Waals surface area (Å²) in [6.45, 7) is 1.45. The van der Waals surface area contributed by atoms with Gasteiger partial charge < -0.3 is 9.74 Å². The molecular weight excluding hydrogens is 322 g/mol. The lowest BCUT2D eigenvalue weighted by Gasteiger charge is -2.25. The topological polar surface area (TPSA) is 97.5 Å². The smallest absolute Gasteiger partial charge is 0.323 e. The Balaban J connectivity index is 1.49.